The van der Waals surface area contributed by atoms with Gasteiger partial charge in [-0.15, -0.1) is 0 Å². The molecule has 1 aromatic heterocycles. The Morgan fingerprint density at radius 2 is 1.68 bits per heavy atom. The fourth-order valence-electron chi connectivity index (χ4n) is 4.21. The minimum atomic E-state index is -3.75. The third kappa shape index (κ3) is 5.14. The van der Waals surface area contributed by atoms with Crippen molar-refractivity contribution in [2.45, 2.75) is 25.3 Å². The molecule has 0 bridgehead atoms. The lowest BCUT2D eigenvalue weighted by molar-refractivity contribution is 0.0981. The van der Waals surface area contributed by atoms with Gasteiger partial charge < -0.3 is 4.57 Å². The summed E-state index contributed by atoms with van der Waals surface area (Å²) in [6.45, 7) is 4.23. The first kappa shape index (κ1) is 24.7. The number of aromatic nitrogens is 2. The molecule has 0 radical (unpaired) electrons. The van der Waals surface area contributed by atoms with Crippen LogP contribution in [0.2, 0.25) is 5.02 Å². The Hall–Kier alpha value is -3.94. The summed E-state index contributed by atoms with van der Waals surface area (Å²) in [6.07, 6.45) is 0. The number of nitrogens with zero attached hydrogens (tertiary/aromatic N) is 2. The molecule has 1 amide bonds. The summed E-state index contributed by atoms with van der Waals surface area (Å²) in [6, 6.07) is 27.5. The first-order chi connectivity index (χ1) is 17.7. The first-order valence-corrected chi connectivity index (χ1v) is 13.6. The van der Waals surface area contributed by atoms with Crippen LogP contribution in [0.5, 0.6) is 0 Å². The van der Waals surface area contributed by atoms with Gasteiger partial charge >= 0.3 is 10.0 Å². The predicted molar refractivity (Wildman–Crippen MR) is 147 cm³/mol. The van der Waals surface area contributed by atoms with Crippen molar-refractivity contribution in [3.8, 4) is 11.1 Å². The number of fused-ring (bicyclic) bond motifs is 1. The number of rotatable bonds is 6. The molecule has 2 N–H and O–H groups in total. The molecule has 0 aliphatic carbocycles. The highest BCUT2D eigenvalue weighted by atomic mass is 35.5. The summed E-state index contributed by atoms with van der Waals surface area (Å²) >= 11 is 6.66. The lowest BCUT2D eigenvalue weighted by atomic mass is 10.0. The zero-order chi connectivity index (χ0) is 26.2. The molecule has 1 atom stereocenters. The van der Waals surface area contributed by atoms with Gasteiger partial charge in [0, 0.05) is 10.6 Å². The number of hydrogen-bond donors (Lipinski definition) is 1. The fourth-order valence-corrected chi connectivity index (χ4v) is 5.44. The van der Waals surface area contributed by atoms with E-state index in [1.54, 1.807) is 30.3 Å². The van der Waals surface area contributed by atoms with Gasteiger partial charge in [-0.1, -0.05) is 71.8 Å². The number of amides is 1. The summed E-state index contributed by atoms with van der Waals surface area (Å²) in [5.41, 5.74) is 5.68. The molecule has 0 aliphatic heterocycles. The highest BCUT2D eigenvalue weighted by molar-refractivity contribution is 7.90. The van der Waals surface area contributed by atoms with E-state index in [0.717, 1.165) is 33.6 Å². The van der Waals surface area contributed by atoms with Gasteiger partial charge in [-0.25, -0.2) is 13.9 Å². The molecule has 1 unspecified atom stereocenters. The van der Waals surface area contributed by atoms with E-state index in [-0.39, 0.29) is 10.5 Å². The van der Waals surface area contributed by atoms with Crippen LogP contribution in [0.3, 0.4) is 0 Å². The molecule has 0 fully saturated rings. The maximum atomic E-state index is 12.9. The van der Waals surface area contributed by atoms with Crippen LogP contribution in [-0.4, -0.2) is 23.9 Å². The standard InChI is InChI=1S/C29H24ClN3O3S/c1-19-8-13-25(14-9-19)37(35,36)32-29(34)23-12-15-27-28(17-23)33(20(2)31-27)18-24-11-10-22(16-26(24)30)21-6-4-3-5-7-21/h3-17H,18H2,1-2H3,(H,32,34,35,36)/p+1. The van der Waals surface area contributed by atoms with Crippen molar-refractivity contribution in [2.75, 3.05) is 0 Å². The number of carbonyl (C=O) groups is 1. The Morgan fingerprint density at radius 1 is 0.946 bits per heavy atom. The van der Waals surface area contributed by atoms with Gasteiger partial charge in [0.25, 0.3) is 5.91 Å². The number of carbonyl (C=O) groups excluding carboxylic acids is 1. The van der Waals surface area contributed by atoms with Gasteiger partial charge in [-0.2, -0.15) is 4.21 Å². The van der Waals surface area contributed by atoms with Gasteiger partial charge in [-0.3, -0.25) is 4.79 Å². The highest BCUT2D eigenvalue weighted by Gasteiger charge is 2.24. The molecule has 0 spiro atoms. The van der Waals surface area contributed by atoms with Crippen LogP contribution in [0, 0.1) is 13.8 Å². The maximum Gasteiger partial charge on any atom is 0.399 e. The van der Waals surface area contributed by atoms with E-state index in [9.17, 15) is 13.2 Å². The van der Waals surface area contributed by atoms with Crippen LogP contribution < -0.4 is 4.72 Å². The number of nitrogens with one attached hydrogen (secondary N) is 1. The summed E-state index contributed by atoms with van der Waals surface area (Å²) in [5.74, 6) is 0.118. The van der Waals surface area contributed by atoms with Crippen molar-refractivity contribution in [2.24, 2.45) is 0 Å². The zero-order valence-corrected chi connectivity index (χ0v) is 21.9. The molecule has 6 nitrogen and oxygen atoms in total. The van der Waals surface area contributed by atoms with E-state index in [1.807, 2.05) is 66.9 Å². The van der Waals surface area contributed by atoms with Gasteiger partial charge in [0.15, 0.2) is 0 Å². The summed E-state index contributed by atoms with van der Waals surface area (Å²) in [4.78, 5) is 17.7. The molecule has 186 valence electrons. The molecule has 1 heterocycles. The van der Waals surface area contributed by atoms with E-state index in [1.165, 1.54) is 12.1 Å². The van der Waals surface area contributed by atoms with Crippen LogP contribution in [-0.2, 0) is 16.6 Å². The van der Waals surface area contributed by atoms with Crippen molar-refractivity contribution in [1.82, 2.24) is 14.3 Å². The van der Waals surface area contributed by atoms with E-state index in [4.69, 9.17) is 11.6 Å². The largest absolute Gasteiger partial charge is 0.399 e. The van der Waals surface area contributed by atoms with E-state index >= 15 is 0 Å². The SMILES string of the molecule is Cc1ccc(S(=O)(=[OH+])NC(=O)c2ccc3nc(C)n(Cc4ccc(-c5ccccc5)cc4Cl)c3c2)cc1. The molecule has 5 aromatic rings. The molecule has 0 saturated carbocycles. The molecule has 0 saturated heterocycles. The normalized spacial score (nSPS) is 12.8. The lowest BCUT2D eigenvalue weighted by Gasteiger charge is -2.11. The Labute approximate surface area is 220 Å². The Kier molecular flexibility index (Phi) is 6.58. The Balaban J connectivity index is 1.43. The molecular weight excluding hydrogens is 506 g/mol. The quantitative estimate of drug-likeness (QED) is 0.261. The Bertz CT molecular complexity index is 1730. The van der Waals surface area contributed by atoms with E-state index in [0.29, 0.717) is 17.1 Å². The average molecular weight is 531 g/mol. The second-order valence-corrected chi connectivity index (χ2v) is 11.0. The monoisotopic (exact) mass is 530 g/mol. The van der Waals surface area contributed by atoms with Crippen LogP contribution in [0.1, 0.15) is 27.3 Å². The van der Waals surface area contributed by atoms with Crippen molar-refractivity contribution in [3.63, 3.8) is 0 Å². The summed E-state index contributed by atoms with van der Waals surface area (Å²) in [7, 11) is -3.75. The third-order valence-corrected chi connectivity index (χ3v) is 7.99. The Morgan fingerprint density at radius 3 is 2.38 bits per heavy atom. The van der Waals surface area contributed by atoms with Gasteiger partial charge in [-0.05, 0) is 66.9 Å². The van der Waals surface area contributed by atoms with Gasteiger partial charge in [0.1, 0.15) is 10.7 Å². The molecular formula is C29H25ClN3O3S+. The maximum absolute atomic E-state index is 12.9. The second-order valence-electron chi connectivity index (χ2n) is 8.89. The van der Waals surface area contributed by atoms with Gasteiger partial charge in [0.2, 0.25) is 0 Å². The van der Waals surface area contributed by atoms with Crippen molar-refractivity contribution >= 4 is 38.6 Å². The average Bonchev–Trinajstić information content (AvgIpc) is 3.19. The number of hydrogen-bond acceptors (Lipinski definition) is 3. The minimum Gasteiger partial charge on any atom is -0.324 e. The van der Waals surface area contributed by atoms with Crippen LogP contribution in [0.15, 0.2) is 95.9 Å². The second kappa shape index (κ2) is 9.84. The number of imidazole rings is 1. The molecule has 4 aromatic carbocycles. The van der Waals surface area contributed by atoms with Crippen molar-refractivity contribution in [3.05, 3.63) is 119 Å². The van der Waals surface area contributed by atoms with Crippen LogP contribution >= 0.6 is 11.6 Å². The van der Waals surface area contributed by atoms with Gasteiger partial charge in [0.05, 0.1) is 17.6 Å². The molecule has 5 rings (SSSR count). The van der Waals surface area contributed by atoms with Crippen molar-refractivity contribution < 1.29 is 13.2 Å². The molecule has 0 aliphatic rings. The topological polar surface area (TPSA) is 85.4 Å². The fraction of sp³-hybridized carbons (Fsp3) is 0.103. The van der Waals surface area contributed by atoms with E-state index < -0.39 is 15.9 Å². The van der Waals surface area contributed by atoms with Crippen LogP contribution in [0.4, 0.5) is 0 Å². The minimum absolute atomic E-state index is 0.141. The lowest BCUT2D eigenvalue weighted by Crippen LogP contribution is -2.30. The van der Waals surface area contributed by atoms with E-state index in [2.05, 4.69) is 9.71 Å². The molecule has 37 heavy (non-hydrogen) atoms. The number of halogens is 1. The number of aryl methyl sites for hydroxylation is 2. The highest BCUT2D eigenvalue weighted by Crippen LogP contribution is 2.28. The smallest absolute Gasteiger partial charge is 0.324 e. The predicted octanol–water partition coefficient (Wildman–Crippen LogP) is 6.30. The summed E-state index contributed by atoms with van der Waals surface area (Å²) < 4.78 is 27.5. The zero-order valence-electron chi connectivity index (χ0n) is 20.3. The number of benzene rings is 4. The van der Waals surface area contributed by atoms with Crippen LogP contribution in [0.25, 0.3) is 22.2 Å². The summed E-state index contributed by atoms with van der Waals surface area (Å²) in [5, 5.41) is 0.634. The first-order valence-electron chi connectivity index (χ1n) is 11.7. The molecule has 8 heteroatoms. The van der Waals surface area contributed by atoms with Crippen molar-refractivity contribution in [1.29, 1.82) is 0 Å². The third-order valence-electron chi connectivity index (χ3n) is 6.26.